The molecule has 0 spiro atoms. The van der Waals surface area contributed by atoms with Gasteiger partial charge in [0.15, 0.2) is 0 Å². The maximum absolute atomic E-state index is 13.4. The van der Waals surface area contributed by atoms with Crippen molar-refractivity contribution in [3.8, 4) is 0 Å². The van der Waals surface area contributed by atoms with Crippen LogP contribution < -0.4 is 0 Å². The van der Waals surface area contributed by atoms with E-state index in [4.69, 9.17) is 0 Å². The molecule has 5 nitrogen and oxygen atoms in total. The van der Waals surface area contributed by atoms with Gasteiger partial charge in [-0.2, -0.15) is 0 Å². The summed E-state index contributed by atoms with van der Waals surface area (Å²) in [7, 11) is 1.98. The second-order valence-electron chi connectivity index (χ2n) is 7.51. The molecule has 0 radical (unpaired) electrons. The first-order valence-corrected chi connectivity index (χ1v) is 11.1. The Balaban J connectivity index is 1.82. The highest BCUT2D eigenvalue weighted by atomic mass is 32.1. The van der Waals surface area contributed by atoms with Crippen molar-refractivity contribution in [2.45, 2.75) is 39.4 Å². The largest absolute Gasteiger partial charge is 0.353 e. The average molecular weight is 424 g/mol. The predicted octanol–water partition coefficient (Wildman–Crippen LogP) is 4.56. The van der Waals surface area contributed by atoms with E-state index in [1.807, 2.05) is 96.5 Å². The summed E-state index contributed by atoms with van der Waals surface area (Å²) in [5.74, 6) is -0.128. The van der Waals surface area contributed by atoms with Gasteiger partial charge in [-0.05, 0) is 42.5 Å². The topological polar surface area (TPSA) is 45.6 Å². The van der Waals surface area contributed by atoms with Crippen LogP contribution in [-0.4, -0.2) is 38.8 Å². The summed E-state index contributed by atoms with van der Waals surface area (Å²) in [6.45, 7) is 5.11. The normalized spacial score (nSPS) is 11.8. The maximum Gasteiger partial charge on any atom is 0.264 e. The fourth-order valence-corrected chi connectivity index (χ4v) is 4.01. The summed E-state index contributed by atoms with van der Waals surface area (Å²) in [4.78, 5) is 30.7. The monoisotopic (exact) mass is 423 g/mol. The molecule has 0 aliphatic carbocycles. The maximum atomic E-state index is 13.4. The lowest BCUT2D eigenvalue weighted by Crippen LogP contribution is -2.46. The zero-order chi connectivity index (χ0) is 21.5. The molecule has 0 saturated carbocycles. The lowest BCUT2D eigenvalue weighted by Gasteiger charge is -2.31. The number of aryl methyl sites for hydroxylation is 1. The zero-order valence-corrected chi connectivity index (χ0v) is 18.6. The SMILES string of the molecule is CCC(C)N(CC(=O)N(Cc1ccccc1)Cc1cccn1C)C(=O)c1cccs1. The standard InChI is InChI=1S/C24H29N3O2S/c1-4-19(2)27(24(29)22-13-9-15-30-22)18-23(28)26(16-20-10-6-5-7-11-20)17-21-12-8-14-25(21)3/h5-15,19H,4,16-18H2,1-3H3. The molecular formula is C24H29N3O2S. The number of thiophene rings is 1. The van der Waals surface area contributed by atoms with Crippen LogP contribution >= 0.6 is 11.3 Å². The Morgan fingerprint density at radius 3 is 2.40 bits per heavy atom. The lowest BCUT2D eigenvalue weighted by molar-refractivity contribution is -0.133. The van der Waals surface area contributed by atoms with Gasteiger partial charge < -0.3 is 14.4 Å². The van der Waals surface area contributed by atoms with E-state index in [0.29, 0.717) is 18.0 Å². The van der Waals surface area contributed by atoms with Crippen LogP contribution in [0.15, 0.2) is 66.2 Å². The van der Waals surface area contributed by atoms with Gasteiger partial charge in [-0.1, -0.05) is 43.3 Å². The molecule has 158 valence electrons. The lowest BCUT2D eigenvalue weighted by atomic mass is 10.2. The number of amides is 2. The highest BCUT2D eigenvalue weighted by Crippen LogP contribution is 2.17. The van der Waals surface area contributed by atoms with Crippen molar-refractivity contribution < 1.29 is 9.59 Å². The molecular weight excluding hydrogens is 394 g/mol. The van der Waals surface area contributed by atoms with Crippen LogP contribution in [0.5, 0.6) is 0 Å². The van der Waals surface area contributed by atoms with Gasteiger partial charge in [0.25, 0.3) is 5.91 Å². The highest BCUT2D eigenvalue weighted by Gasteiger charge is 2.26. The molecule has 0 aliphatic heterocycles. The Kier molecular flexibility index (Phi) is 7.46. The van der Waals surface area contributed by atoms with Crippen LogP contribution in [-0.2, 0) is 24.9 Å². The van der Waals surface area contributed by atoms with Gasteiger partial charge in [0, 0.05) is 31.5 Å². The van der Waals surface area contributed by atoms with E-state index in [9.17, 15) is 9.59 Å². The molecule has 3 rings (SSSR count). The van der Waals surface area contributed by atoms with E-state index < -0.39 is 0 Å². The first-order chi connectivity index (χ1) is 14.5. The van der Waals surface area contributed by atoms with Crippen LogP contribution in [0, 0.1) is 0 Å². The van der Waals surface area contributed by atoms with Crippen molar-refractivity contribution in [3.63, 3.8) is 0 Å². The van der Waals surface area contributed by atoms with Crippen molar-refractivity contribution in [2.75, 3.05) is 6.54 Å². The number of carbonyl (C=O) groups is 2. The summed E-state index contributed by atoms with van der Waals surface area (Å²) in [5.41, 5.74) is 2.12. The van der Waals surface area contributed by atoms with E-state index in [0.717, 1.165) is 17.7 Å². The van der Waals surface area contributed by atoms with Gasteiger partial charge in [0.1, 0.15) is 6.54 Å². The molecule has 1 atom stereocenters. The van der Waals surface area contributed by atoms with Gasteiger partial charge in [-0.15, -0.1) is 11.3 Å². The number of hydrogen-bond acceptors (Lipinski definition) is 3. The number of carbonyl (C=O) groups excluding carboxylic acids is 2. The molecule has 1 unspecified atom stereocenters. The third-order valence-electron chi connectivity index (χ3n) is 5.39. The van der Waals surface area contributed by atoms with E-state index in [1.165, 1.54) is 11.3 Å². The molecule has 2 amide bonds. The summed E-state index contributed by atoms with van der Waals surface area (Å²) in [5, 5.41) is 1.89. The van der Waals surface area contributed by atoms with Crippen molar-refractivity contribution in [1.29, 1.82) is 0 Å². The molecule has 0 saturated heterocycles. The molecule has 0 aliphatic rings. The first kappa shape index (κ1) is 21.8. The van der Waals surface area contributed by atoms with Crippen LogP contribution in [0.25, 0.3) is 0 Å². The molecule has 0 fully saturated rings. The second kappa shape index (κ2) is 10.3. The van der Waals surface area contributed by atoms with Crippen LogP contribution in [0.1, 0.15) is 41.2 Å². The highest BCUT2D eigenvalue weighted by molar-refractivity contribution is 7.12. The fourth-order valence-electron chi connectivity index (χ4n) is 3.33. The van der Waals surface area contributed by atoms with E-state index in [-0.39, 0.29) is 24.4 Å². The molecule has 0 N–H and O–H groups in total. The minimum atomic E-state index is -0.0776. The second-order valence-corrected chi connectivity index (χ2v) is 8.46. The molecule has 0 bridgehead atoms. The van der Waals surface area contributed by atoms with E-state index in [1.54, 1.807) is 4.90 Å². The number of rotatable bonds is 9. The number of nitrogens with zero attached hydrogens (tertiary/aromatic N) is 3. The molecule has 2 aromatic heterocycles. The van der Waals surface area contributed by atoms with Crippen LogP contribution in [0.2, 0.25) is 0 Å². The van der Waals surface area contributed by atoms with E-state index in [2.05, 4.69) is 0 Å². The summed E-state index contributed by atoms with van der Waals surface area (Å²) in [6, 6.07) is 17.6. The summed E-state index contributed by atoms with van der Waals surface area (Å²) < 4.78 is 2.02. The predicted molar refractivity (Wildman–Crippen MR) is 121 cm³/mol. The molecule has 2 heterocycles. The Labute approximate surface area is 182 Å². The Morgan fingerprint density at radius 2 is 1.80 bits per heavy atom. The summed E-state index contributed by atoms with van der Waals surface area (Å²) >= 11 is 1.41. The van der Waals surface area contributed by atoms with Gasteiger partial charge in [-0.3, -0.25) is 9.59 Å². The molecule has 3 aromatic rings. The third kappa shape index (κ3) is 5.39. The Hall–Kier alpha value is -2.86. The zero-order valence-electron chi connectivity index (χ0n) is 17.8. The van der Waals surface area contributed by atoms with Crippen molar-refractivity contribution in [2.24, 2.45) is 7.05 Å². The molecule has 6 heteroatoms. The molecule has 1 aromatic carbocycles. The number of aromatic nitrogens is 1. The minimum absolute atomic E-state index is 0.0165. The Bertz CT molecular complexity index is 950. The van der Waals surface area contributed by atoms with Gasteiger partial charge >= 0.3 is 0 Å². The average Bonchev–Trinajstić information content (AvgIpc) is 3.43. The molecule has 30 heavy (non-hydrogen) atoms. The van der Waals surface area contributed by atoms with Gasteiger partial charge in [-0.25, -0.2) is 0 Å². The Morgan fingerprint density at radius 1 is 1.03 bits per heavy atom. The fraction of sp³-hybridized carbons (Fsp3) is 0.333. The number of benzene rings is 1. The quantitative estimate of drug-likeness (QED) is 0.507. The van der Waals surface area contributed by atoms with Crippen molar-refractivity contribution in [3.05, 3.63) is 82.3 Å². The van der Waals surface area contributed by atoms with Crippen LogP contribution in [0.4, 0.5) is 0 Å². The van der Waals surface area contributed by atoms with Crippen LogP contribution in [0.3, 0.4) is 0 Å². The number of hydrogen-bond donors (Lipinski definition) is 0. The summed E-state index contributed by atoms with van der Waals surface area (Å²) in [6.07, 6.45) is 2.77. The van der Waals surface area contributed by atoms with Gasteiger partial charge in [0.2, 0.25) is 5.91 Å². The first-order valence-electron chi connectivity index (χ1n) is 10.3. The minimum Gasteiger partial charge on any atom is -0.353 e. The van der Waals surface area contributed by atoms with Crippen molar-refractivity contribution in [1.82, 2.24) is 14.4 Å². The third-order valence-corrected chi connectivity index (χ3v) is 6.25. The van der Waals surface area contributed by atoms with Gasteiger partial charge in [0.05, 0.1) is 11.4 Å². The smallest absolute Gasteiger partial charge is 0.264 e. The van der Waals surface area contributed by atoms with Crippen molar-refractivity contribution >= 4 is 23.2 Å². The van der Waals surface area contributed by atoms with E-state index >= 15 is 0 Å².